The Balaban J connectivity index is 1.34. The predicted molar refractivity (Wildman–Crippen MR) is 94.5 cm³/mol. The highest BCUT2D eigenvalue weighted by Gasteiger charge is 2.52. The molecule has 1 saturated carbocycles. The molecule has 5 rings (SSSR count). The second-order valence-corrected chi connectivity index (χ2v) is 7.89. The Morgan fingerprint density at radius 2 is 2.19 bits per heavy atom. The summed E-state index contributed by atoms with van der Waals surface area (Å²) in [4.78, 5) is 18.1. The fourth-order valence-corrected chi connectivity index (χ4v) is 4.57. The highest BCUT2D eigenvalue weighted by atomic mass is 16.5. The van der Waals surface area contributed by atoms with Crippen molar-refractivity contribution < 1.29 is 24.7 Å². The lowest BCUT2D eigenvalue weighted by Gasteiger charge is -2.39. The minimum absolute atomic E-state index is 0.0169. The zero-order valence-electron chi connectivity index (χ0n) is 14.6. The molecule has 10 heteroatoms. The van der Waals surface area contributed by atoms with Crippen molar-refractivity contribution in [3.8, 4) is 5.75 Å². The number of rotatable bonds is 5. The molecule has 27 heavy (non-hydrogen) atoms. The van der Waals surface area contributed by atoms with E-state index < -0.39 is 12.5 Å². The zero-order chi connectivity index (χ0) is 18.8. The van der Waals surface area contributed by atoms with E-state index in [-0.39, 0.29) is 29.7 Å². The topological polar surface area (TPSA) is 132 Å². The van der Waals surface area contributed by atoms with Crippen molar-refractivity contribution in [1.82, 2.24) is 20.1 Å². The second kappa shape index (κ2) is 5.78. The largest absolute Gasteiger partial charge is 0.583 e. The number of aromatic amines is 1. The van der Waals surface area contributed by atoms with Crippen LogP contribution in [0.4, 0.5) is 0 Å². The molecule has 0 amide bonds. The number of carboxylic acid groups (broad SMARTS) is 1. The van der Waals surface area contributed by atoms with Gasteiger partial charge in [0.05, 0.1) is 6.54 Å². The minimum atomic E-state index is -2.54. The van der Waals surface area contributed by atoms with E-state index >= 15 is 0 Å². The Morgan fingerprint density at radius 1 is 1.37 bits per heavy atom. The molecular weight excluding hydrogens is 351 g/mol. The third kappa shape index (κ3) is 2.80. The van der Waals surface area contributed by atoms with Crippen molar-refractivity contribution in [1.29, 1.82) is 0 Å². The lowest BCUT2D eigenvalue weighted by molar-refractivity contribution is 0.0121. The molecular formula is C17H20BN4O5-. The summed E-state index contributed by atoms with van der Waals surface area (Å²) in [5.74, 6) is -0.172. The molecule has 2 unspecified atom stereocenters. The second-order valence-electron chi connectivity index (χ2n) is 7.89. The molecule has 3 aliphatic rings. The monoisotopic (exact) mass is 371 g/mol. The summed E-state index contributed by atoms with van der Waals surface area (Å²) in [5.41, 5.74) is 1.51. The SMILES string of the molecule is O=C(O)c1c(OC2CN(Cc3nc[nH]n3)C2)ccc2c1C[B-](O)(O)C1CC21. The van der Waals surface area contributed by atoms with E-state index in [1.807, 2.05) is 6.07 Å². The molecule has 2 aromatic rings. The number of hydrogen-bond donors (Lipinski definition) is 4. The number of likely N-dealkylation sites (tertiary alicyclic amines) is 1. The standard InChI is InChI=1S/C17H20BN4O5/c23-17(24)16-12-4-18(25,26)13-3-11(13)10(12)1-2-14(16)27-9-5-22(6-9)7-15-19-8-20-21-15/h1-2,8-9,11,13,25-26H,3-7H2,(H,23,24)(H,19,20,21)/q-1. The van der Waals surface area contributed by atoms with E-state index in [1.165, 1.54) is 6.33 Å². The van der Waals surface area contributed by atoms with Gasteiger partial charge in [-0.1, -0.05) is 24.4 Å². The summed E-state index contributed by atoms with van der Waals surface area (Å²) >= 11 is 0. The summed E-state index contributed by atoms with van der Waals surface area (Å²) in [6, 6.07) is 3.60. The maximum Gasteiger partial charge on any atom is 0.339 e. The van der Waals surface area contributed by atoms with Gasteiger partial charge in [0.2, 0.25) is 6.55 Å². The summed E-state index contributed by atoms with van der Waals surface area (Å²) < 4.78 is 5.95. The van der Waals surface area contributed by atoms with Gasteiger partial charge < -0.3 is 19.9 Å². The Hall–Kier alpha value is -2.43. The van der Waals surface area contributed by atoms with Gasteiger partial charge in [-0.05, 0) is 17.5 Å². The Morgan fingerprint density at radius 3 is 2.89 bits per heavy atom. The zero-order valence-corrected chi connectivity index (χ0v) is 14.6. The van der Waals surface area contributed by atoms with Crippen LogP contribution in [0.3, 0.4) is 0 Å². The quantitative estimate of drug-likeness (QED) is 0.546. The van der Waals surface area contributed by atoms with Crippen molar-refractivity contribution in [2.75, 3.05) is 13.1 Å². The first-order valence-corrected chi connectivity index (χ1v) is 9.16. The van der Waals surface area contributed by atoms with Crippen LogP contribution in [0.25, 0.3) is 0 Å². The van der Waals surface area contributed by atoms with Crippen molar-refractivity contribution in [3.63, 3.8) is 0 Å². The number of H-pyrrole nitrogens is 1. The van der Waals surface area contributed by atoms with E-state index in [2.05, 4.69) is 20.1 Å². The van der Waals surface area contributed by atoms with Crippen LogP contribution < -0.4 is 4.74 Å². The third-order valence-corrected chi connectivity index (χ3v) is 6.00. The average Bonchev–Trinajstić information content (AvgIpc) is 3.23. The van der Waals surface area contributed by atoms with Gasteiger partial charge in [0.1, 0.15) is 23.7 Å². The number of aromatic carboxylic acids is 1. The van der Waals surface area contributed by atoms with Crippen LogP contribution >= 0.6 is 0 Å². The third-order valence-electron chi connectivity index (χ3n) is 6.00. The molecule has 2 atom stereocenters. The number of benzene rings is 1. The lowest BCUT2D eigenvalue weighted by Crippen LogP contribution is -2.53. The van der Waals surface area contributed by atoms with Gasteiger partial charge in [-0.3, -0.25) is 10.00 Å². The van der Waals surface area contributed by atoms with E-state index in [4.69, 9.17) is 4.74 Å². The molecule has 2 fully saturated rings. The van der Waals surface area contributed by atoms with Crippen molar-refractivity contribution >= 4 is 12.5 Å². The summed E-state index contributed by atoms with van der Waals surface area (Å²) in [6.07, 6.45) is 2.11. The smallest absolute Gasteiger partial charge is 0.339 e. The van der Waals surface area contributed by atoms with Crippen molar-refractivity contribution in [2.45, 2.75) is 37.1 Å². The first kappa shape index (κ1) is 16.7. The first-order valence-electron chi connectivity index (χ1n) is 9.16. The number of carbonyl (C=O) groups is 1. The van der Waals surface area contributed by atoms with Crippen LogP contribution in [-0.4, -0.2) is 67.0 Å². The van der Waals surface area contributed by atoms with Gasteiger partial charge in [-0.25, -0.2) is 9.78 Å². The molecule has 0 radical (unpaired) electrons. The minimum Gasteiger partial charge on any atom is -0.583 e. The molecule has 1 aromatic heterocycles. The Bertz CT molecular complexity index is 897. The van der Waals surface area contributed by atoms with Gasteiger partial charge in [0, 0.05) is 13.1 Å². The number of hydrogen-bond acceptors (Lipinski definition) is 7. The van der Waals surface area contributed by atoms with Gasteiger partial charge in [0.15, 0.2) is 5.82 Å². The van der Waals surface area contributed by atoms with Crippen LogP contribution in [0, 0.1) is 0 Å². The number of aromatic nitrogens is 3. The molecule has 0 bridgehead atoms. The molecule has 0 spiro atoms. The van der Waals surface area contributed by atoms with Gasteiger partial charge in [0.25, 0.3) is 0 Å². The molecule has 1 aliphatic carbocycles. The summed E-state index contributed by atoms with van der Waals surface area (Å²) in [6.45, 7) is -0.617. The normalized spacial score (nSPS) is 26.0. The molecule has 2 aliphatic heterocycles. The van der Waals surface area contributed by atoms with Gasteiger partial charge in [-0.2, -0.15) is 5.10 Å². The number of fused-ring (bicyclic) bond motifs is 3. The van der Waals surface area contributed by atoms with Crippen molar-refractivity contribution in [2.24, 2.45) is 0 Å². The van der Waals surface area contributed by atoms with Gasteiger partial charge in [-0.15, -0.1) is 5.82 Å². The summed E-state index contributed by atoms with van der Waals surface area (Å²) in [7, 11) is 0. The van der Waals surface area contributed by atoms with Crippen LogP contribution in [0.5, 0.6) is 5.75 Å². The van der Waals surface area contributed by atoms with E-state index in [9.17, 15) is 19.9 Å². The van der Waals surface area contributed by atoms with Crippen LogP contribution in [0.15, 0.2) is 18.5 Å². The molecule has 1 aromatic carbocycles. The molecule has 4 N–H and O–H groups in total. The molecule has 1 saturated heterocycles. The maximum atomic E-state index is 11.9. The van der Waals surface area contributed by atoms with E-state index in [0.29, 0.717) is 43.2 Å². The number of nitrogens with one attached hydrogen (secondary N) is 1. The van der Waals surface area contributed by atoms with E-state index in [0.717, 1.165) is 5.56 Å². The predicted octanol–water partition coefficient (Wildman–Crippen LogP) is 0.146. The Labute approximate surface area is 155 Å². The number of nitrogens with zero attached hydrogens (tertiary/aromatic N) is 3. The van der Waals surface area contributed by atoms with Crippen LogP contribution in [0.1, 0.15) is 39.6 Å². The fraction of sp³-hybridized carbons (Fsp3) is 0.471. The lowest BCUT2D eigenvalue weighted by atomic mass is 9.45. The van der Waals surface area contributed by atoms with Gasteiger partial charge >= 0.3 is 5.97 Å². The molecule has 142 valence electrons. The maximum absolute atomic E-state index is 11.9. The molecule has 9 nitrogen and oxygen atoms in total. The summed E-state index contributed by atoms with van der Waals surface area (Å²) in [5, 5.41) is 37.0. The average molecular weight is 371 g/mol. The highest BCUT2D eigenvalue weighted by Crippen LogP contribution is 2.62. The Kier molecular flexibility index (Phi) is 3.58. The fourth-order valence-electron chi connectivity index (χ4n) is 4.57. The number of carboxylic acids is 1. The number of ether oxygens (including phenoxy) is 1. The first-order chi connectivity index (χ1) is 12.9. The van der Waals surface area contributed by atoms with Crippen LogP contribution in [0.2, 0.25) is 5.82 Å². The highest BCUT2D eigenvalue weighted by molar-refractivity contribution is 6.67. The van der Waals surface area contributed by atoms with E-state index in [1.54, 1.807) is 6.07 Å². The van der Waals surface area contributed by atoms with Crippen LogP contribution in [-0.2, 0) is 12.9 Å². The molecule has 3 heterocycles. The van der Waals surface area contributed by atoms with Crippen molar-refractivity contribution in [3.05, 3.63) is 41.0 Å².